The topological polar surface area (TPSA) is 66.4 Å². The van der Waals surface area contributed by atoms with E-state index in [2.05, 4.69) is 20.7 Å². The Morgan fingerprint density at radius 3 is 2.50 bits per heavy atom. The van der Waals surface area contributed by atoms with Crippen molar-refractivity contribution in [2.75, 3.05) is 7.11 Å². The second-order valence-corrected chi connectivity index (χ2v) is 2.67. The fourth-order valence-corrected chi connectivity index (χ4v) is 0.809. The number of ether oxygens (including phenoxy) is 1. The van der Waals surface area contributed by atoms with Gasteiger partial charge in [-0.3, -0.25) is 4.79 Å². The van der Waals surface area contributed by atoms with Crippen LogP contribution in [-0.4, -0.2) is 23.9 Å². The number of carbonyl (C=O) groups excluding carboxylic acids is 2. The molecule has 0 aromatic heterocycles. The molecule has 0 aliphatic rings. The lowest BCUT2D eigenvalue weighted by Crippen LogP contribution is -2.29. The number of carbonyl (C=O) groups is 2. The third kappa shape index (κ3) is 3.45. The number of aliphatic carboxylic acids is 1. The number of alkyl halides is 1. The Morgan fingerprint density at radius 1 is 1.70 bits per heavy atom. The molecule has 0 saturated heterocycles. The second kappa shape index (κ2) is 4.27. The van der Waals surface area contributed by atoms with Gasteiger partial charge in [-0.25, -0.2) is 0 Å². The normalized spacial score (nSPS) is 12.2. The molecule has 1 atom stereocenters. The van der Waals surface area contributed by atoms with E-state index in [-0.39, 0.29) is 6.42 Å². The quantitative estimate of drug-likeness (QED) is 0.445. The van der Waals surface area contributed by atoms with Crippen molar-refractivity contribution in [3.63, 3.8) is 0 Å². The van der Waals surface area contributed by atoms with Crippen molar-refractivity contribution in [3.8, 4) is 0 Å². The molecule has 0 spiro atoms. The zero-order valence-electron chi connectivity index (χ0n) is 5.30. The summed E-state index contributed by atoms with van der Waals surface area (Å²) in [6.45, 7) is 0. The van der Waals surface area contributed by atoms with Gasteiger partial charge in [0, 0.05) is 12.4 Å². The zero-order chi connectivity index (χ0) is 8.15. The van der Waals surface area contributed by atoms with Crippen LogP contribution >= 0.6 is 15.9 Å². The molecule has 0 heterocycles. The van der Waals surface area contributed by atoms with Crippen LogP contribution < -0.4 is 5.11 Å². The number of methoxy groups -OCH3 is 1. The van der Waals surface area contributed by atoms with Gasteiger partial charge >= 0.3 is 5.97 Å². The Balaban J connectivity index is 3.72. The van der Waals surface area contributed by atoms with E-state index in [1.807, 2.05) is 0 Å². The van der Waals surface area contributed by atoms with Crippen LogP contribution in [0.2, 0.25) is 0 Å². The molecule has 4 nitrogen and oxygen atoms in total. The predicted octanol–water partition coefficient (Wildman–Crippen LogP) is -0.937. The highest BCUT2D eigenvalue weighted by atomic mass is 79.9. The maximum Gasteiger partial charge on any atom is 0.319 e. The van der Waals surface area contributed by atoms with E-state index < -0.39 is 16.8 Å². The molecular weight excluding hydrogens is 204 g/mol. The monoisotopic (exact) mass is 209 g/mol. The molecule has 0 bridgehead atoms. The van der Waals surface area contributed by atoms with Crippen LogP contribution in [0, 0.1) is 0 Å². The number of hydrogen-bond donors (Lipinski definition) is 0. The molecule has 0 amide bonds. The highest BCUT2D eigenvalue weighted by Gasteiger charge is 2.14. The van der Waals surface area contributed by atoms with E-state index in [0.29, 0.717) is 0 Å². The molecule has 0 radical (unpaired) electrons. The summed E-state index contributed by atoms with van der Waals surface area (Å²) in [7, 11) is 1.19. The predicted molar refractivity (Wildman–Crippen MR) is 34.4 cm³/mol. The van der Waals surface area contributed by atoms with Crippen LogP contribution in [-0.2, 0) is 14.3 Å². The third-order valence-electron chi connectivity index (χ3n) is 0.803. The first-order valence-electron chi connectivity index (χ1n) is 2.49. The van der Waals surface area contributed by atoms with Crippen LogP contribution in [0.1, 0.15) is 6.42 Å². The van der Waals surface area contributed by atoms with Gasteiger partial charge in [-0.15, -0.1) is 0 Å². The van der Waals surface area contributed by atoms with Crippen LogP contribution in [0.3, 0.4) is 0 Å². The number of carboxylic acid groups (broad SMARTS) is 1. The fourth-order valence-electron chi connectivity index (χ4n) is 0.358. The molecule has 10 heavy (non-hydrogen) atoms. The summed E-state index contributed by atoms with van der Waals surface area (Å²) in [5.74, 6) is -1.89. The maximum absolute atomic E-state index is 10.5. The van der Waals surface area contributed by atoms with Crippen molar-refractivity contribution >= 4 is 27.9 Å². The molecule has 0 saturated carbocycles. The molecule has 0 fully saturated rings. The zero-order valence-corrected chi connectivity index (χ0v) is 6.88. The lowest BCUT2D eigenvalue weighted by Gasteiger charge is -2.06. The van der Waals surface area contributed by atoms with Gasteiger partial charge in [-0.2, -0.15) is 0 Å². The third-order valence-corrected chi connectivity index (χ3v) is 1.50. The largest absolute Gasteiger partial charge is 0.550 e. The van der Waals surface area contributed by atoms with E-state index >= 15 is 0 Å². The van der Waals surface area contributed by atoms with Gasteiger partial charge < -0.3 is 14.6 Å². The summed E-state index contributed by atoms with van der Waals surface area (Å²) < 4.78 is 4.24. The first-order chi connectivity index (χ1) is 4.57. The lowest BCUT2D eigenvalue weighted by atomic mass is 10.3. The standard InChI is InChI=1S/C5H7BrO4/c1-10-5(9)3(6)2-4(7)8/h3H,2H2,1H3,(H,7,8)/p-1. The Hall–Kier alpha value is -0.580. The van der Waals surface area contributed by atoms with E-state index in [9.17, 15) is 14.7 Å². The number of halogens is 1. The van der Waals surface area contributed by atoms with Gasteiger partial charge in [-0.1, -0.05) is 15.9 Å². The molecule has 0 aliphatic heterocycles. The minimum atomic E-state index is -1.28. The number of carboxylic acids is 1. The Kier molecular flexibility index (Phi) is 4.02. The fraction of sp³-hybridized carbons (Fsp3) is 0.600. The van der Waals surface area contributed by atoms with Crippen LogP contribution in [0.5, 0.6) is 0 Å². The summed E-state index contributed by atoms with van der Waals surface area (Å²) in [6.07, 6.45) is -0.368. The van der Waals surface area contributed by atoms with Gasteiger partial charge in [0.25, 0.3) is 0 Å². The van der Waals surface area contributed by atoms with Gasteiger partial charge in [0.05, 0.1) is 7.11 Å². The Bertz CT molecular complexity index is 145. The van der Waals surface area contributed by atoms with Crippen molar-refractivity contribution in [2.24, 2.45) is 0 Å². The number of esters is 1. The van der Waals surface area contributed by atoms with E-state index in [1.54, 1.807) is 0 Å². The Labute approximate surface area is 66.3 Å². The van der Waals surface area contributed by atoms with E-state index in [0.717, 1.165) is 0 Å². The molecule has 0 N–H and O–H groups in total. The van der Waals surface area contributed by atoms with Crippen molar-refractivity contribution in [2.45, 2.75) is 11.2 Å². The van der Waals surface area contributed by atoms with Crippen molar-refractivity contribution < 1.29 is 19.4 Å². The molecular formula is C5H6BrO4-. The average molecular weight is 210 g/mol. The molecule has 58 valence electrons. The molecule has 0 aliphatic carbocycles. The smallest absolute Gasteiger partial charge is 0.319 e. The first-order valence-corrected chi connectivity index (χ1v) is 3.41. The minimum Gasteiger partial charge on any atom is -0.550 e. The summed E-state index contributed by atoms with van der Waals surface area (Å²) in [5, 5.41) is 9.88. The maximum atomic E-state index is 10.5. The van der Waals surface area contributed by atoms with Crippen LogP contribution in [0.15, 0.2) is 0 Å². The number of hydrogen-bond acceptors (Lipinski definition) is 4. The average Bonchev–Trinajstić information content (AvgIpc) is 1.85. The number of rotatable bonds is 3. The van der Waals surface area contributed by atoms with Gasteiger partial charge in [0.1, 0.15) is 4.83 Å². The van der Waals surface area contributed by atoms with E-state index in [1.165, 1.54) is 7.11 Å². The minimum absolute atomic E-state index is 0.368. The highest BCUT2D eigenvalue weighted by Crippen LogP contribution is 2.05. The van der Waals surface area contributed by atoms with Gasteiger partial charge in [0.2, 0.25) is 0 Å². The van der Waals surface area contributed by atoms with Crippen LogP contribution in [0.25, 0.3) is 0 Å². The molecule has 0 aromatic carbocycles. The summed E-state index contributed by atoms with van der Waals surface area (Å²) in [6, 6.07) is 0. The summed E-state index contributed by atoms with van der Waals surface area (Å²) in [4.78, 5) is 19.6. The van der Waals surface area contributed by atoms with Crippen molar-refractivity contribution in [1.82, 2.24) is 0 Å². The SMILES string of the molecule is COC(=O)C(Br)CC(=O)[O-]. The molecule has 0 rings (SSSR count). The van der Waals surface area contributed by atoms with Gasteiger partial charge in [-0.05, 0) is 0 Å². The van der Waals surface area contributed by atoms with Crippen molar-refractivity contribution in [3.05, 3.63) is 0 Å². The summed E-state index contributed by atoms with van der Waals surface area (Å²) >= 11 is 2.81. The Morgan fingerprint density at radius 2 is 2.20 bits per heavy atom. The second-order valence-electron chi connectivity index (χ2n) is 1.57. The molecule has 0 aromatic rings. The molecule has 1 unspecified atom stereocenters. The summed E-state index contributed by atoms with van der Waals surface area (Å²) in [5.41, 5.74) is 0. The van der Waals surface area contributed by atoms with Crippen molar-refractivity contribution in [1.29, 1.82) is 0 Å². The highest BCUT2D eigenvalue weighted by molar-refractivity contribution is 9.10. The molecule has 5 heteroatoms. The first kappa shape index (κ1) is 9.42. The van der Waals surface area contributed by atoms with E-state index in [4.69, 9.17) is 0 Å². The van der Waals surface area contributed by atoms with Gasteiger partial charge in [0.15, 0.2) is 0 Å². The lowest BCUT2D eigenvalue weighted by molar-refractivity contribution is -0.305. The van der Waals surface area contributed by atoms with Crippen LogP contribution in [0.4, 0.5) is 0 Å².